The van der Waals surface area contributed by atoms with Crippen LogP contribution in [0.2, 0.25) is 0 Å². The van der Waals surface area contributed by atoms with Gasteiger partial charge in [-0.25, -0.2) is 4.79 Å². The van der Waals surface area contributed by atoms with Crippen LogP contribution in [0.15, 0.2) is 62.2 Å². The van der Waals surface area contributed by atoms with Crippen molar-refractivity contribution in [1.29, 1.82) is 0 Å². The van der Waals surface area contributed by atoms with Gasteiger partial charge in [-0.15, -0.1) is 0 Å². The summed E-state index contributed by atoms with van der Waals surface area (Å²) in [5.41, 5.74) is -2.29. The first-order chi connectivity index (χ1) is 12.3. The summed E-state index contributed by atoms with van der Waals surface area (Å²) in [6.07, 6.45) is -4.64. The van der Waals surface area contributed by atoms with E-state index in [-0.39, 0.29) is 29.9 Å². The van der Waals surface area contributed by atoms with Crippen LogP contribution < -0.4 is 15.1 Å². The van der Waals surface area contributed by atoms with Gasteiger partial charge < -0.3 is 13.9 Å². The third kappa shape index (κ3) is 4.37. The Kier molecular flexibility index (Phi) is 5.22. The summed E-state index contributed by atoms with van der Waals surface area (Å²) in [7, 11) is 0. The standard InChI is InChI=1S/C18H12BrF3O4/c19-11-2-1-3-12(8-11)24-6-7-25-13-4-5-14-15(18(20,21)22)10-17(23)26-16(14)9-13/h1-5,8-10H,6-7H2. The van der Waals surface area contributed by atoms with Gasteiger partial charge in [-0.1, -0.05) is 22.0 Å². The van der Waals surface area contributed by atoms with Crippen molar-refractivity contribution in [2.24, 2.45) is 0 Å². The Morgan fingerprint density at radius 1 is 0.962 bits per heavy atom. The van der Waals surface area contributed by atoms with Gasteiger partial charge in [0.25, 0.3) is 0 Å². The van der Waals surface area contributed by atoms with Crippen molar-refractivity contribution >= 4 is 26.9 Å². The average Bonchev–Trinajstić information content (AvgIpc) is 2.57. The SMILES string of the molecule is O=c1cc(C(F)(F)F)c2ccc(OCCOc3cccc(Br)c3)cc2o1. The third-order valence-corrected chi connectivity index (χ3v) is 3.93. The summed E-state index contributed by atoms with van der Waals surface area (Å²) in [6, 6.07) is 11.6. The number of ether oxygens (including phenoxy) is 2. The van der Waals surface area contributed by atoms with Crippen molar-refractivity contribution in [3.8, 4) is 11.5 Å². The molecular formula is C18H12BrF3O4. The van der Waals surface area contributed by atoms with Crippen LogP contribution in [0, 0.1) is 0 Å². The molecule has 3 aromatic rings. The lowest BCUT2D eigenvalue weighted by molar-refractivity contribution is -0.136. The summed E-state index contributed by atoms with van der Waals surface area (Å²) in [6.45, 7) is 0.405. The molecule has 0 aliphatic carbocycles. The number of hydrogen-bond acceptors (Lipinski definition) is 4. The summed E-state index contributed by atoms with van der Waals surface area (Å²) < 4.78 is 55.7. The number of hydrogen-bond donors (Lipinski definition) is 0. The van der Waals surface area contributed by atoms with E-state index in [1.54, 1.807) is 12.1 Å². The molecule has 0 radical (unpaired) electrons. The Morgan fingerprint density at radius 2 is 1.65 bits per heavy atom. The fraction of sp³-hybridized carbons (Fsp3) is 0.167. The van der Waals surface area contributed by atoms with Gasteiger partial charge >= 0.3 is 11.8 Å². The molecule has 0 amide bonds. The van der Waals surface area contributed by atoms with Crippen LogP contribution in [0.3, 0.4) is 0 Å². The molecule has 136 valence electrons. The summed E-state index contributed by atoms with van der Waals surface area (Å²) in [4.78, 5) is 11.4. The first-order valence-electron chi connectivity index (χ1n) is 7.49. The molecular weight excluding hydrogens is 417 g/mol. The molecule has 0 N–H and O–H groups in total. The van der Waals surface area contributed by atoms with Crippen molar-refractivity contribution in [3.05, 3.63) is 69.0 Å². The van der Waals surface area contributed by atoms with Crippen LogP contribution in [0.5, 0.6) is 11.5 Å². The van der Waals surface area contributed by atoms with Gasteiger partial charge in [0.05, 0.1) is 5.56 Å². The first kappa shape index (κ1) is 18.3. The lowest BCUT2D eigenvalue weighted by Crippen LogP contribution is -2.11. The molecule has 26 heavy (non-hydrogen) atoms. The maximum absolute atomic E-state index is 13.0. The van der Waals surface area contributed by atoms with E-state index in [0.29, 0.717) is 11.8 Å². The normalized spacial score (nSPS) is 11.5. The third-order valence-electron chi connectivity index (χ3n) is 3.44. The van der Waals surface area contributed by atoms with Gasteiger partial charge in [0.2, 0.25) is 0 Å². The molecule has 2 aromatic carbocycles. The van der Waals surface area contributed by atoms with Gasteiger partial charge in [0.1, 0.15) is 30.3 Å². The predicted molar refractivity (Wildman–Crippen MR) is 92.6 cm³/mol. The molecule has 0 saturated heterocycles. The highest BCUT2D eigenvalue weighted by atomic mass is 79.9. The minimum atomic E-state index is -4.64. The molecule has 4 nitrogen and oxygen atoms in total. The van der Waals surface area contributed by atoms with Gasteiger partial charge in [0, 0.05) is 22.0 Å². The van der Waals surface area contributed by atoms with Gasteiger partial charge in [-0.05, 0) is 30.3 Å². The molecule has 0 aliphatic heterocycles. The lowest BCUT2D eigenvalue weighted by Gasteiger charge is -2.11. The van der Waals surface area contributed by atoms with E-state index in [0.717, 1.165) is 4.47 Å². The zero-order valence-corrected chi connectivity index (χ0v) is 14.8. The molecule has 8 heteroatoms. The van der Waals surface area contributed by atoms with E-state index >= 15 is 0 Å². The fourth-order valence-corrected chi connectivity index (χ4v) is 2.72. The second-order valence-electron chi connectivity index (χ2n) is 5.29. The Morgan fingerprint density at radius 3 is 2.31 bits per heavy atom. The van der Waals surface area contributed by atoms with Crippen molar-refractivity contribution in [3.63, 3.8) is 0 Å². The topological polar surface area (TPSA) is 48.7 Å². The zero-order chi connectivity index (χ0) is 18.7. The second-order valence-corrected chi connectivity index (χ2v) is 6.20. The van der Waals surface area contributed by atoms with E-state index in [4.69, 9.17) is 13.9 Å². The van der Waals surface area contributed by atoms with Gasteiger partial charge in [-0.2, -0.15) is 13.2 Å². The molecule has 0 fully saturated rings. The number of rotatable bonds is 5. The fourth-order valence-electron chi connectivity index (χ4n) is 2.34. The maximum atomic E-state index is 13.0. The van der Waals surface area contributed by atoms with Crippen LogP contribution in [0.25, 0.3) is 11.0 Å². The zero-order valence-electron chi connectivity index (χ0n) is 13.2. The molecule has 0 spiro atoms. The molecule has 0 aliphatic rings. The highest BCUT2D eigenvalue weighted by Crippen LogP contribution is 2.34. The predicted octanol–water partition coefficient (Wildman–Crippen LogP) is 5.03. The van der Waals surface area contributed by atoms with Crippen LogP contribution >= 0.6 is 15.9 Å². The largest absolute Gasteiger partial charge is 0.490 e. The summed E-state index contributed by atoms with van der Waals surface area (Å²) >= 11 is 3.33. The Hall–Kier alpha value is -2.48. The van der Waals surface area contributed by atoms with Crippen molar-refractivity contribution in [1.82, 2.24) is 0 Å². The van der Waals surface area contributed by atoms with Crippen LogP contribution in [-0.4, -0.2) is 13.2 Å². The number of benzene rings is 2. The average molecular weight is 429 g/mol. The quantitative estimate of drug-likeness (QED) is 0.422. The smallest absolute Gasteiger partial charge is 0.417 e. The van der Waals surface area contributed by atoms with Crippen LogP contribution in [0.4, 0.5) is 13.2 Å². The van der Waals surface area contributed by atoms with Crippen LogP contribution in [-0.2, 0) is 6.18 Å². The molecule has 3 rings (SSSR count). The van der Waals surface area contributed by atoms with E-state index in [1.807, 2.05) is 12.1 Å². The maximum Gasteiger partial charge on any atom is 0.417 e. The van der Waals surface area contributed by atoms with Crippen molar-refractivity contribution in [2.45, 2.75) is 6.18 Å². The van der Waals surface area contributed by atoms with E-state index in [9.17, 15) is 18.0 Å². The highest BCUT2D eigenvalue weighted by Gasteiger charge is 2.33. The second kappa shape index (κ2) is 7.41. The molecule has 1 aromatic heterocycles. The van der Waals surface area contributed by atoms with Gasteiger partial charge in [-0.3, -0.25) is 0 Å². The molecule has 0 bridgehead atoms. The molecule has 1 heterocycles. The minimum absolute atomic E-state index is 0.168. The number of halogens is 4. The van der Waals surface area contributed by atoms with Crippen molar-refractivity contribution < 1.29 is 27.1 Å². The van der Waals surface area contributed by atoms with Crippen molar-refractivity contribution in [2.75, 3.05) is 13.2 Å². The van der Waals surface area contributed by atoms with E-state index in [1.165, 1.54) is 18.2 Å². The molecule has 0 unspecified atom stereocenters. The highest BCUT2D eigenvalue weighted by molar-refractivity contribution is 9.10. The Labute approximate surface area is 154 Å². The molecule has 0 atom stereocenters. The number of alkyl halides is 3. The summed E-state index contributed by atoms with van der Waals surface area (Å²) in [5.74, 6) is 0.931. The Balaban J connectivity index is 1.70. The minimum Gasteiger partial charge on any atom is -0.490 e. The summed E-state index contributed by atoms with van der Waals surface area (Å²) in [5, 5.41) is -0.199. The number of fused-ring (bicyclic) bond motifs is 1. The van der Waals surface area contributed by atoms with E-state index < -0.39 is 17.4 Å². The van der Waals surface area contributed by atoms with Gasteiger partial charge in [0.15, 0.2) is 0 Å². The first-order valence-corrected chi connectivity index (χ1v) is 8.28. The monoisotopic (exact) mass is 428 g/mol. The lowest BCUT2D eigenvalue weighted by atomic mass is 10.1. The Bertz CT molecular complexity index is 982. The van der Waals surface area contributed by atoms with Crippen LogP contribution in [0.1, 0.15) is 5.56 Å². The molecule has 0 saturated carbocycles. The van der Waals surface area contributed by atoms with E-state index in [2.05, 4.69) is 15.9 Å².